The first-order chi connectivity index (χ1) is 7.71. The number of hydrogen-bond donors (Lipinski definition) is 1. The van der Waals surface area contributed by atoms with E-state index in [-0.39, 0.29) is 6.42 Å². The minimum atomic E-state index is -1.43. The van der Waals surface area contributed by atoms with E-state index in [2.05, 4.69) is 6.58 Å². The van der Waals surface area contributed by atoms with Crippen molar-refractivity contribution in [3.05, 3.63) is 12.7 Å². The van der Waals surface area contributed by atoms with Crippen LogP contribution in [0.5, 0.6) is 0 Å². The zero-order valence-corrected chi connectivity index (χ0v) is 10.4. The molecule has 2 atom stereocenters. The van der Waals surface area contributed by atoms with Gasteiger partial charge in [-0.1, -0.05) is 26.8 Å². The van der Waals surface area contributed by atoms with E-state index in [4.69, 9.17) is 14.6 Å². The van der Waals surface area contributed by atoms with Gasteiger partial charge >= 0.3 is 11.9 Å². The van der Waals surface area contributed by atoms with Gasteiger partial charge in [-0.3, -0.25) is 4.79 Å². The van der Waals surface area contributed by atoms with Gasteiger partial charge in [-0.2, -0.15) is 0 Å². The van der Waals surface area contributed by atoms with Crippen molar-refractivity contribution < 1.29 is 24.2 Å². The molecule has 1 rings (SSSR count). The molecule has 0 aromatic heterocycles. The van der Waals surface area contributed by atoms with Gasteiger partial charge in [0.05, 0.1) is 6.42 Å². The zero-order valence-electron chi connectivity index (χ0n) is 10.4. The normalized spacial score (nSPS) is 28.9. The van der Waals surface area contributed by atoms with Gasteiger partial charge in [0.2, 0.25) is 6.29 Å². The van der Waals surface area contributed by atoms with E-state index in [0.717, 1.165) is 0 Å². The van der Waals surface area contributed by atoms with Crippen molar-refractivity contribution >= 4 is 11.9 Å². The van der Waals surface area contributed by atoms with Crippen molar-refractivity contribution in [1.82, 2.24) is 0 Å². The number of carbonyl (C=O) groups is 2. The van der Waals surface area contributed by atoms with E-state index in [0.29, 0.717) is 0 Å². The van der Waals surface area contributed by atoms with Gasteiger partial charge in [0.1, 0.15) is 0 Å². The van der Waals surface area contributed by atoms with Crippen LogP contribution in [0.4, 0.5) is 0 Å². The number of rotatable bonds is 4. The number of hydrogen-bond acceptors (Lipinski definition) is 4. The first kappa shape index (κ1) is 13.7. The van der Waals surface area contributed by atoms with Gasteiger partial charge < -0.3 is 14.6 Å². The molecule has 0 bridgehead atoms. The summed E-state index contributed by atoms with van der Waals surface area (Å²) in [5.74, 6) is -1.72. The number of ether oxygens (including phenoxy) is 2. The van der Waals surface area contributed by atoms with Crippen LogP contribution >= 0.6 is 0 Å². The second kappa shape index (κ2) is 4.49. The van der Waals surface area contributed by atoms with Crippen LogP contribution in [0.15, 0.2) is 12.7 Å². The molecule has 2 unspecified atom stereocenters. The molecule has 5 heteroatoms. The maximum Gasteiger partial charge on any atom is 0.341 e. The Hall–Kier alpha value is -1.36. The largest absolute Gasteiger partial charge is 0.481 e. The highest BCUT2D eigenvalue weighted by molar-refractivity contribution is 5.86. The van der Waals surface area contributed by atoms with Crippen LogP contribution in [0.1, 0.15) is 33.6 Å². The fraction of sp³-hybridized carbons (Fsp3) is 0.667. The van der Waals surface area contributed by atoms with Crippen LogP contribution in [0.3, 0.4) is 0 Å². The van der Waals surface area contributed by atoms with Gasteiger partial charge in [-0.25, -0.2) is 4.79 Å². The lowest BCUT2D eigenvalue weighted by atomic mass is 9.94. The fourth-order valence-corrected chi connectivity index (χ4v) is 1.63. The van der Waals surface area contributed by atoms with Crippen molar-refractivity contribution in [1.29, 1.82) is 0 Å². The molecule has 96 valence electrons. The Bertz CT molecular complexity index is 341. The van der Waals surface area contributed by atoms with Crippen molar-refractivity contribution in [2.75, 3.05) is 0 Å². The summed E-state index contributed by atoms with van der Waals surface area (Å²) < 4.78 is 10.7. The van der Waals surface area contributed by atoms with Gasteiger partial charge in [0, 0.05) is 11.8 Å². The summed E-state index contributed by atoms with van der Waals surface area (Å²) in [5.41, 5.74) is -1.82. The molecule has 1 aliphatic heterocycles. The topological polar surface area (TPSA) is 72.8 Å². The molecule has 0 radical (unpaired) electrons. The second-order valence-electron chi connectivity index (χ2n) is 5.28. The molecule has 0 spiro atoms. The molecular formula is C12H18O5. The summed E-state index contributed by atoms with van der Waals surface area (Å²) in [6.45, 7) is 9.09. The van der Waals surface area contributed by atoms with Gasteiger partial charge in [0.25, 0.3) is 0 Å². The highest BCUT2D eigenvalue weighted by atomic mass is 16.8. The first-order valence-electron chi connectivity index (χ1n) is 5.43. The summed E-state index contributed by atoms with van der Waals surface area (Å²) in [4.78, 5) is 22.6. The maximum absolute atomic E-state index is 11.8. The zero-order chi connectivity index (χ0) is 13.3. The molecule has 1 aliphatic rings. The SMILES string of the molecule is C=CCC1(CC(=O)O)OC(C(C)(C)C)OC1=O. The minimum absolute atomic E-state index is 0.130. The summed E-state index contributed by atoms with van der Waals surface area (Å²) in [7, 11) is 0. The Morgan fingerprint density at radius 2 is 2.18 bits per heavy atom. The molecule has 5 nitrogen and oxygen atoms in total. The Labute approximate surface area is 100 Å². The number of carbonyl (C=O) groups excluding carboxylic acids is 1. The molecule has 1 heterocycles. The first-order valence-corrected chi connectivity index (χ1v) is 5.43. The van der Waals surface area contributed by atoms with Crippen LogP contribution in [0.25, 0.3) is 0 Å². The lowest BCUT2D eigenvalue weighted by Gasteiger charge is -2.26. The molecule has 0 amide bonds. The molecular weight excluding hydrogens is 224 g/mol. The van der Waals surface area contributed by atoms with E-state index in [1.165, 1.54) is 6.08 Å². The van der Waals surface area contributed by atoms with Gasteiger partial charge in [-0.15, -0.1) is 6.58 Å². The Balaban J connectivity index is 2.96. The molecule has 0 aromatic carbocycles. The number of aliphatic carboxylic acids is 1. The maximum atomic E-state index is 11.8. The summed E-state index contributed by atoms with van der Waals surface area (Å²) in [5, 5.41) is 8.85. The van der Waals surface area contributed by atoms with Crippen molar-refractivity contribution in [2.24, 2.45) is 5.41 Å². The van der Waals surface area contributed by atoms with Crippen molar-refractivity contribution in [3.8, 4) is 0 Å². The molecule has 17 heavy (non-hydrogen) atoms. The third-order valence-electron chi connectivity index (χ3n) is 2.54. The molecule has 1 N–H and O–H groups in total. The lowest BCUT2D eigenvalue weighted by Crippen LogP contribution is -2.39. The number of esters is 1. The highest BCUT2D eigenvalue weighted by Gasteiger charge is 2.53. The third kappa shape index (κ3) is 2.85. The Morgan fingerprint density at radius 1 is 1.59 bits per heavy atom. The summed E-state index contributed by atoms with van der Waals surface area (Å²) in [6.07, 6.45) is 0.457. The average molecular weight is 242 g/mol. The van der Waals surface area contributed by atoms with Crippen LogP contribution in [-0.4, -0.2) is 28.9 Å². The summed E-state index contributed by atoms with van der Waals surface area (Å²) in [6, 6.07) is 0. The number of cyclic esters (lactones) is 1. The predicted molar refractivity (Wildman–Crippen MR) is 60.2 cm³/mol. The smallest absolute Gasteiger partial charge is 0.341 e. The quantitative estimate of drug-likeness (QED) is 0.600. The van der Waals surface area contributed by atoms with Gasteiger partial charge in [0.15, 0.2) is 5.60 Å². The van der Waals surface area contributed by atoms with Crippen molar-refractivity contribution in [3.63, 3.8) is 0 Å². The Kier molecular flexibility index (Phi) is 3.62. The van der Waals surface area contributed by atoms with Crippen molar-refractivity contribution in [2.45, 2.75) is 45.5 Å². The molecule has 0 aromatic rings. The monoisotopic (exact) mass is 242 g/mol. The average Bonchev–Trinajstić information content (AvgIpc) is 2.43. The highest BCUT2D eigenvalue weighted by Crippen LogP contribution is 2.38. The third-order valence-corrected chi connectivity index (χ3v) is 2.54. The predicted octanol–water partition coefficient (Wildman–Crippen LogP) is 1.72. The van der Waals surface area contributed by atoms with Crippen LogP contribution in [-0.2, 0) is 19.1 Å². The van der Waals surface area contributed by atoms with E-state index in [1.807, 2.05) is 20.8 Å². The molecule has 0 saturated carbocycles. The van der Waals surface area contributed by atoms with Crippen LogP contribution < -0.4 is 0 Å². The second-order valence-corrected chi connectivity index (χ2v) is 5.28. The standard InChI is InChI=1S/C12H18O5/c1-5-6-12(7-8(13)14)9(15)16-10(17-12)11(2,3)4/h5,10H,1,6-7H2,2-4H3,(H,13,14). The number of carboxylic acid groups (broad SMARTS) is 1. The van der Waals surface area contributed by atoms with Crippen LogP contribution in [0, 0.1) is 5.41 Å². The van der Waals surface area contributed by atoms with E-state index < -0.39 is 35.7 Å². The Morgan fingerprint density at radius 3 is 2.53 bits per heavy atom. The molecule has 1 saturated heterocycles. The van der Waals surface area contributed by atoms with E-state index >= 15 is 0 Å². The van der Waals surface area contributed by atoms with Crippen LogP contribution in [0.2, 0.25) is 0 Å². The van der Waals surface area contributed by atoms with E-state index in [9.17, 15) is 9.59 Å². The minimum Gasteiger partial charge on any atom is -0.481 e. The number of carboxylic acids is 1. The fourth-order valence-electron chi connectivity index (χ4n) is 1.63. The van der Waals surface area contributed by atoms with Gasteiger partial charge in [-0.05, 0) is 0 Å². The molecule has 0 aliphatic carbocycles. The molecule has 1 fully saturated rings. The lowest BCUT2D eigenvalue weighted by molar-refractivity contribution is -0.159. The van der Waals surface area contributed by atoms with E-state index in [1.54, 1.807) is 0 Å². The summed E-state index contributed by atoms with van der Waals surface area (Å²) >= 11 is 0.